The molecule has 0 radical (unpaired) electrons. The predicted octanol–water partition coefficient (Wildman–Crippen LogP) is 2.28. The number of hydrogen-bond donors (Lipinski definition) is 2. The van der Waals surface area contributed by atoms with E-state index < -0.39 is 10.5 Å². The highest BCUT2D eigenvalue weighted by Gasteiger charge is 2.19. The van der Waals surface area contributed by atoms with E-state index in [0.717, 1.165) is 6.42 Å². The molecule has 2 N–H and O–H groups in total. The predicted molar refractivity (Wildman–Crippen MR) is 80.7 cm³/mol. The quantitative estimate of drug-likeness (QED) is 0.458. The molecule has 0 aliphatic heterocycles. The van der Waals surface area contributed by atoms with Crippen molar-refractivity contribution in [3.63, 3.8) is 0 Å². The molecule has 1 aromatic rings. The standard InChI is InChI=1S/C15H20N2O4/c1-3-9-15(2,19)11-16-14(18)8-7-12-5-4-6-13(10-12)17(20)21/h4-8,10,19H,3,9,11H2,1-2H3,(H,16,18)/b8-7+. The summed E-state index contributed by atoms with van der Waals surface area (Å²) >= 11 is 0. The maximum absolute atomic E-state index is 11.6. The first-order chi connectivity index (χ1) is 9.84. The average molecular weight is 292 g/mol. The third kappa shape index (κ3) is 6.18. The normalized spacial score (nSPS) is 13.9. The molecule has 0 aromatic heterocycles. The minimum Gasteiger partial charge on any atom is -0.388 e. The van der Waals surface area contributed by atoms with Crippen LogP contribution in [0.25, 0.3) is 6.08 Å². The van der Waals surface area contributed by atoms with E-state index in [2.05, 4.69) is 5.32 Å². The van der Waals surface area contributed by atoms with Crippen LogP contribution < -0.4 is 5.32 Å². The van der Waals surface area contributed by atoms with E-state index in [4.69, 9.17) is 0 Å². The van der Waals surface area contributed by atoms with Crippen molar-refractivity contribution >= 4 is 17.7 Å². The number of aliphatic hydroxyl groups is 1. The summed E-state index contributed by atoms with van der Waals surface area (Å²) in [7, 11) is 0. The van der Waals surface area contributed by atoms with Crippen LogP contribution in [0.4, 0.5) is 5.69 Å². The van der Waals surface area contributed by atoms with Gasteiger partial charge in [0, 0.05) is 24.8 Å². The Bertz CT molecular complexity index is 538. The van der Waals surface area contributed by atoms with Crippen LogP contribution in [-0.2, 0) is 4.79 Å². The smallest absolute Gasteiger partial charge is 0.270 e. The molecule has 0 heterocycles. The van der Waals surface area contributed by atoms with E-state index in [1.165, 1.54) is 24.3 Å². The van der Waals surface area contributed by atoms with E-state index in [1.807, 2.05) is 6.92 Å². The van der Waals surface area contributed by atoms with Crippen LogP contribution in [0.3, 0.4) is 0 Å². The summed E-state index contributed by atoms with van der Waals surface area (Å²) in [5.74, 6) is -0.349. The molecule has 1 aromatic carbocycles. The minimum absolute atomic E-state index is 0.0246. The van der Waals surface area contributed by atoms with Crippen molar-refractivity contribution in [3.05, 3.63) is 46.0 Å². The second-order valence-electron chi connectivity index (χ2n) is 5.15. The Labute approximate surface area is 123 Å². The summed E-state index contributed by atoms with van der Waals surface area (Å²) in [4.78, 5) is 21.8. The van der Waals surface area contributed by atoms with Gasteiger partial charge in [0.05, 0.1) is 10.5 Å². The maximum Gasteiger partial charge on any atom is 0.270 e. The number of non-ortho nitro benzene ring substituents is 1. The fourth-order valence-corrected chi connectivity index (χ4v) is 1.88. The molecule has 21 heavy (non-hydrogen) atoms. The Morgan fingerprint density at radius 3 is 2.86 bits per heavy atom. The molecule has 0 bridgehead atoms. The molecule has 0 fully saturated rings. The van der Waals surface area contributed by atoms with Crippen molar-refractivity contribution in [1.82, 2.24) is 5.32 Å². The van der Waals surface area contributed by atoms with Gasteiger partial charge in [0.1, 0.15) is 0 Å². The molecule has 1 rings (SSSR count). The molecular weight excluding hydrogens is 272 g/mol. The van der Waals surface area contributed by atoms with Crippen LogP contribution in [0.1, 0.15) is 32.3 Å². The van der Waals surface area contributed by atoms with E-state index >= 15 is 0 Å². The van der Waals surface area contributed by atoms with Crippen molar-refractivity contribution in [1.29, 1.82) is 0 Å². The van der Waals surface area contributed by atoms with Crippen molar-refractivity contribution in [2.45, 2.75) is 32.3 Å². The second-order valence-corrected chi connectivity index (χ2v) is 5.15. The largest absolute Gasteiger partial charge is 0.388 e. The summed E-state index contributed by atoms with van der Waals surface area (Å²) in [5.41, 5.74) is -0.382. The Balaban J connectivity index is 2.58. The number of nitro benzene ring substituents is 1. The lowest BCUT2D eigenvalue weighted by atomic mass is 10.0. The number of carbonyl (C=O) groups is 1. The summed E-state index contributed by atoms with van der Waals surface area (Å²) in [6.07, 6.45) is 4.21. The highest BCUT2D eigenvalue weighted by Crippen LogP contribution is 2.14. The molecule has 0 aliphatic rings. The highest BCUT2D eigenvalue weighted by molar-refractivity contribution is 5.91. The van der Waals surface area contributed by atoms with Gasteiger partial charge < -0.3 is 10.4 Å². The van der Waals surface area contributed by atoms with E-state index in [1.54, 1.807) is 19.1 Å². The zero-order valence-electron chi connectivity index (χ0n) is 12.2. The van der Waals surface area contributed by atoms with Gasteiger partial charge in [-0.1, -0.05) is 25.5 Å². The Morgan fingerprint density at radius 2 is 2.24 bits per heavy atom. The molecule has 6 heteroatoms. The van der Waals surface area contributed by atoms with Gasteiger partial charge in [-0.2, -0.15) is 0 Å². The molecule has 0 spiro atoms. The molecule has 0 saturated carbocycles. The van der Waals surface area contributed by atoms with Crippen LogP contribution in [0.15, 0.2) is 30.3 Å². The van der Waals surface area contributed by atoms with Crippen LogP contribution in [0.2, 0.25) is 0 Å². The average Bonchev–Trinajstić information content (AvgIpc) is 2.43. The lowest BCUT2D eigenvalue weighted by Gasteiger charge is -2.22. The number of hydrogen-bond acceptors (Lipinski definition) is 4. The number of rotatable bonds is 7. The van der Waals surface area contributed by atoms with Crippen LogP contribution >= 0.6 is 0 Å². The number of nitrogens with one attached hydrogen (secondary N) is 1. The zero-order valence-corrected chi connectivity index (χ0v) is 12.2. The van der Waals surface area contributed by atoms with Gasteiger partial charge >= 0.3 is 0 Å². The van der Waals surface area contributed by atoms with Crippen molar-refractivity contribution < 1.29 is 14.8 Å². The molecular formula is C15H20N2O4. The number of benzene rings is 1. The summed E-state index contributed by atoms with van der Waals surface area (Å²) in [6.45, 7) is 3.79. The summed E-state index contributed by atoms with van der Waals surface area (Å²) in [6, 6.07) is 6.00. The van der Waals surface area contributed by atoms with Gasteiger partial charge in [-0.15, -0.1) is 0 Å². The van der Waals surface area contributed by atoms with Crippen LogP contribution in [0.5, 0.6) is 0 Å². The number of nitro groups is 1. The first-order valence-electron chi connectivity index (χ1n) is 6.77. The number of amides is 1. The van der Waals surface area contributed by atoms with Gasteiger partial charge in [0.2, 0.25) is 5.91 Å². The van der Waals surface area contributed by atoms with E-state index in [0.29, 0.717) is 12.0 Å². The van der Waals surface area contributed by atoms with Crippen molar-refractivity contribution in [3.8, 4) is 0 Å². The molecule has 114 valence electrons. The van der Waals surface area contributed by atoms with Gasteiger partial charge in [-0.05, 0) is 25.0 Å². The molecule has 0 saturated heterocycles. The lowest BCUT2D eigenvalue weighted by Crippen LogP contribution is -2.39. The van der Waals surface area contributed by atoms with Gasteiger partial charge in [0.25, 0.3) is 5.69 Å². The van der Waals surface area contributed by atoms with Crippen molar-refractivity contribution in [2.75, 3.05) is 6.54 Å². The zero-order chi connectivity index (χ0) is 15.9. The molecule has 0 aliphatic carbocycles. The van der Waals surface area contributed by atoms with Crippen LogP contribution in [0, 0.1) is 10.1 Å². The van der Waals surface area contributed by atoms with Crippen LogP contribution in [-0.4, -0.2) is 28.1 Å². The fourth-order valence-electron chi connectivity index (χ4n) is 1.88. The minimum atomic E-state index is -0.927. The van der Waals surface area contributed by atoms with E-state index in [-0.39, 0.29) is 18.1 Å². The van der Waals surface area contributed by atoms with Gasteiger partial charge in [-0.3, -0.25) is 14.9 Å². The Morgan fingerprint density at radius 1 is 1.52 bits per heavy atom. The summed E-state index contributed by atoms with van der Waals surface area (Å²) in [5, 5.41) is 23.2. The van der Waals surface area contributed by atoms with Gasteiger partial charge in [0.15, 0.2) is 0 Å². The lowest BCUT2D eigenvalue weighted by molar-refractivity contribution is -0.384. The molecule has 6 nitrogen and oxygen atoms in total. The Hall–Kier alpha value is -2.21. The van der Waals surface area contributed by atoms with Gasteiger partial charge in [-0.25, -0.2) is 0 Å². The monoisotopic (exact) mass is 292 g/mol. The number of nitrogens with zero attached hydrogens (tertiary/aromatic N) is 1. The SMILES string of the molecule is CCCC(C)(O)CNC(=O)/C=C/c1cccc([N+](=O)[O-])c1. The first kappa shape index (κ1) is 16.8. The Kier molecular flexibility index (Phi) is 6.05. The summed E-state index contributed by atoms with van der Waals surface area (Å²) < 4.78 is 0. The fraction of sp³-hybridized carbons (Fsp3) is 0.400. The molecule has 1 unspecified atom stereocenters. The topological polar surface area (TPSA) is 92.5 Å². The maximum atomic E-state index is 11.6. The van der Waals surface area contributed by atoms with Crippen molar-refractivity contribution in [2.24, 2.45) is 0 Å². The first-order valence-corrected chi connectivity index (χ1v) is 6.77. The molecule has 1 atom stereocenters. The van der Waals surface area contributed by atoms with E-state index in [9.17, 15) is 20.0 Å². The number of carbonyl (C=O) groups excluding carboxylic acids is 1. The molecule has 1 amide bonds. The second kappa shape index (κ2) is 7.54. The third-order valence-electron chi connectivity index (χ3n) is 2.94. The highest BCUT2D eigenvalue weighted by atomic mass is 16.6. The third-order valence-corrected chi connectivity index (χ3v) is 2.94.